The van der Waals surface area contributed by atoms with Crippen molar-refractivity contribution in [2.75, 3.05) is 0 Å². The quantitative estimate of drug-likeness (QED) is 0.888. The van der Waals surface area contributed by atoms with Gasteiger partial charge in [0.1, 0.15) is 5.82 Å². The molecule has 0 amide bonds. The van der Waals surface area contributed by atoms with E-state index in [9.17, 15) is 9.50 Å². The summed E-state index contributed by atoms with van der Waals surface area (Å²) < 4.78 is 13.9. The van der Waals surface area contributed by atoms with E-state index in [4.69, 9.17) is 11.6 Å². The van der Waals surface area contributed by atoms with Crippen LogP contribution in [-0.4, -0.2) is 10.7 Å². The first kappa shape index (κ1) is 13.6. The predicted octanol–water partition coefficient (Wildman–Crippen LogP) is 3.94. The lowest BCUT2D eigenvalue weighted by molar-refractivity contribution is 0.0260. The van der Waals surface area contributed by atoms with Crippen molar-refractivity contribution in [2.24, 2.45) is 0 Å². The highest BCUT2D eigenvalue weighted by Crippen LogP contribution is 2.33. The SMILES string of the molecule is OC1(Cc2c(F)cccc2Cl)CCc2ccccc2C1. The smallest absolute Gasteiger partial charge is 0.127 e. The molecule has 0 aromatic heterocycles. The molecular weight excluding hydrogens is 275 g/mol. The summed E-state index contributed by atoms with van der Waals surface area (Å²) >= 11 is 6.06. The third-order valence-electron chi connectivity index (χ3n) is 4.07. The number of fused-ring (bicyclic) bond motifs is 1. The molecule has 2 aromatic rings. The lowest BCUT2D eigenvalue weighted by Gasteiger charge is -2.34. The van der Waals surface area contributed by atoms with E-state index in [1.54, 1.807) is 12.1 Å². The van der Waals surface area contributed by atoms with Crippen molar-refractivity contribution in [3.63, 3.8) is 0 Å². The summed E-state index contributed by atoms with van der Waals surface area (Å²) in [5.41, 5.74) is 1.92. The van der Waals surface area contributed by atoms with Crippen LogP contribution in [0.15, 0.2) is 42.5 Å². The summed E-state index contributed by atoms with van der Waals surface area (Å²) in [6, 6.07) is 12.7. The van der Waals surface area contributed by atoms with Gasteiger partial charge in [-0.05, 0) is 36.1 Å². The highest BCUT2D eigenvalue weighted by atomic mass is 35.5. The molecular formula is C17H16ClFO. The van der Waals surface area contributed by atoms with Crippen LogP contribution in [0.5, 0.6) is 0 Å². The Morgan fingerprint density at radius 2 is 1.85 bits per heavy atom. The first-order chi connectivity index (χ1) is 9.57. The molecule has 0 heterocycles. The molecule has 3 heteroatoms. The van der Waals surface area contributed by atoms with Crippen LogP contribution in [0.4, 0.5) is 4.39 Å². The highest BCUT2D eigenvalue weighted by Gasteiger charge is 2.33. The Balaban J connectivity index is 1.88. The Hall–Kier alpha value is -1.38. The highest BCUT2D eigenvalue weighted by molar-refractivity contribution is 6.31. The Morgan fingerprint density at radius 1 is 1.10 bits per heavy atom. The van der Waals surface area contributed by atoms with Crippen LogP contribution in [0.2, 0.25) is 5.02 Å². The third-order valence-corrected chi connectivity index (χ3v) is 4.42. The minimum atomic E-state index is -0.916. The second kappa shape index (κ2) is 5.19. The number of aliphatic hydroxyl groups is 1. The normalized spacial score (nSPS) is 21.6. The van der Waals surface area contributed by atoms with E-state index in [0.717, 1.165) is 12.0 Å². The Kier molecular flexibility index (Phi) is 3.53. The van der Waals surface area contributed by atoms with Crippen LogP contribution in [0.3, 0.4) is 0 Å². The molecule has 0 saturated heterocycles. The largest absolute Gasteiger partial charge is 0.389 e. The van der Waals surface area contributed by atoms with Crippen LogP contribution >= 0.6 is 11.6 Å². The molecule has 2 aromatic carbocycles. The van der Waals surface area contributed by atoms with Gasteiger partial charge in [0.2, 0.25) is 0 Å². The molecule has 3 rings (SSSR count). The summed E-state index contributed by atoms with van der Waals surface area (Å²) in [5.74, 6) is -0.343. The fourth-order valence-electron chi connectivity index (χ4n) is 2.97. The molecule has 0 radical (unpaired) electrons. The van der Waals surface area contributed by atoms with E-state index in [-0.39, 0.29) is 12.2 Å². The molecule has 0 spiro atoms. The average Bonchev–Trinajstić information content (AvgIpc) is 2.43. The van der Waals surface area contributed by atoms with Gasteiger partial charge < -0.3 is 5.11 Å². The second-order valence-electron chi connectivity index (χ2n) is 5.55. The van der Waals surface area contributed by atoms with Crippen molar-refractivity contribution >= 4 is 11.6 Å². The monoisotopic (exact) mass is 290 g/mol. The number of halogens is 2. The van der Waals surface area contributed by atoms with Crippen molar-refractivity contribution in [3.05, 3.63) is 70.0 Å². The van der Waals surface area contributed by atoms with Gasteiger partial charge in [0.15, 0.2) is 0 Å². The van der Waals surface area contributed by atoms with Gasteiger partial charge in [0, 0.05) is 23.4 Å². The summed E-state index contributed by atoms with van der Waals surface area (Å²) in [4.78, 5) is 0. The van der Waals surface area contributed by atoms with E-state index in [1.807, 2.05) is 18.2 Å². The van der Waals surface area contributed by atoms with Gasteiger partial charge in [-0.1, -0.05) is 41.9 Å². The lowest BCUT2D eigenvalue weighted by atomic mass is 9.77. The Labute approximate surface area is 123 Å². The van der Waals surface area contributed by atoms with E-state index in [0.29, 0.717) is 23.4 Å². The molecule has 0 aliphatic heterocycles. The van der Waals surface area contributed by atoms with Crippen molar-refractivity contribution in [2.45, 2.75) is 31.3 Å². The standard InChI is InChI=1S/C17H16ClFO/c18-15-6-3-7-16(19)14(15)11-17(20)9-8-12-4-1-2-5-13(12)10-17/h1-7,20H,8-11H2. The maximum Gasteiger partial charge on any atom is 0.127 e. The Bertz CT molecular complexity index is 620. The van der Waals surface area contributed by atoms with Crippen molar-refractivity contribution in [1.82, 2.24) is 0 Å². The van der Waals surface area contributed by atoms with E-state index in [1.165, 1.54) is 11.6 Å². The van der Waals surface area contributed by atoms with Gasteiger partial charge in [-0.3, -0.25) is 0 Å². The van der Waals surface area contributed by atoms with Crippen LogP contribution in [0.25, 0.3) is 0 Å². The number of benzene rings is 2. The number of hydrogen-bond donors (Lipinski definition) is 1. The first-order valence-electron chi connectivity index (χ1n) is 6.79. The third kappa shape index (κ3) is 2.58. The zero-order valence-electron chi connectivity index (χ0n) is 11.1. The minimum absolute atomic E-state index is 0.257. The van der Waals surface area contributed by atoms with Crippen LogP contribution in [0, 0.1) is 5.82 Å². The topological polar surface area (TPSA) is 20.2 Å². The molecule has 1 N–H and O–H groups in total. The van der Waals surface area contributed by atoms with Crippen LogP contribution in [0.1, 0.15) is 23.1 Å². The maximum atomic E-state index is 13.9. The van der Waals surface area contributed by atoms with Crippen molar-refractivity contribution in [1.29, 1.82) is 0 Å². The predicted molar refractivity (Wildman–Crippen MR) is 78.5 cm³/mol. The lowest BCUT2D eigenvalue weighted by Crippen LogP contribution is -2.38. The second-order valence-corrected chi connectivity index (χ2v) is 5.95. The van der Waals surface area contributed by atoms with Gasteiger partial charge in [-0.2, -0.15) is 0 Å². The molecule has 1 nitrogen and oxygen atoms in total. The van der Waals surface area contributed by atoms with E-state index >= 15 is 0 Å². The molecule has 1 aliphatic rings. The number of aryl methyl sites for hydroxylation is 1. The first-order valence-corrected chi connectivity index (χ1v) is 7.17. The average molecular weight is 291 g/mol. The zero-order valence-corrected chi connectivity index (χ0v) is 11.8. The number of hydrogen-bond acceptors (Lipinski definition) is 1. The Morgan fingerprint density at radius 3 is 2.60 bits per heavy atom. The molecule has 1 unspecified atom stereocenters. The summed E-state index contributed by atoms with van der Waals surface area (Å²) in [7, 11) is 0. The zero-order chi connectivity index (χ0) is 14.2. The van der Waals surface area contributed by atoms with Gasteiger partial charge in [-0.25, -0.2) is 4.39 Å². The maximum absolute atomic E-state index is 13.9. The number of rotatable bonds is 2. The van der Waals surface area contributed by atoms with E-state index < -0.39 is 5.60 Å². The van der Waals surface area contributed by atoms with Gasteiger partial charge in [0.05, 0.1) is 5.60 Å². The van der Waals surface area contributed by atoms with Crippen LogP contribution < -0.4 is 0 Å². The minimum Gasteiger partial charge on any atom is -0.389 e. The molecule has 0 fully saturated rings. The van der Waals surface area contributed by atoms with Crippen molar-refractivity contribution < 1.29 is 9.50 Å². The summed E-state index contributed by atoms with van der Waals surface area (Å²) in [6.07, 6.45) is 2.26. The molecule has 20 heavy (non-hydrogen) atoms. The summed E-state index contributed by atoms with van der Waals surface area (Å²) in [5, 5.41) is 11.2. The molecule has 1 aliphatic carbocycles. The van der Waals surface area contributed by atoms with Gasteiger partial charge >= 0.3 is 0 Å². The molecule has 1 atom stereocenters. The fourth-order valence-corrected chi connectivity index (χ4v) is 3.20. The van der Waals surface area contributed by atoms with E-state index in [2.05, 4.69) is 6.07 Å². The van der Waals surface area contributed by atoms with Crippen LogP contribution in [-0.2, 0) is 19.3 Å². The molecule has 104 valence electrons. The summed E-state index contributed by atoms with van der Waals surface area (Å²) in [6.45, 7) is 0. The van der Waals surface area contributed by atoms with Crippen molar-refractivity contribution in [3.8, 4) is 0 Å². The molecule has 0 saturated carbocycles. The van der Waals surface area contributed by atoms with Gasteiger partial charge in [-0.15, -0.1) is 0 Å². The molecule has 0 bridgehead atoms. The fraction of sp³-hybridized carbons (Fsp3) is 0.294. The van der Waals surface area contributed by atoms with Gasteiger partial charge in [0.25, 0.3) is 0 Å².